The summed E-state index contributed by atoms with van der Waals surface area (Å²) in [5.74, 6) is 1.24. The minimum absolute atomic E-state index is 0.179. The van der Waals surface area contributed by atoms with Gasteiger partial charge < -0.3 is 55.8 Å². The average Bonchev–Trinajstić information content (AvgIpc) is 3.13. The number of nitrogens with zero attached hydrogens (tertiary/aromatic N) is 3. The Morgan fingerprint density at radius 1 is 0.283 bits per heavy atom. The van der Waals surface area contributed by atoms with Crippen LogP contribution in [0.3, 0.4) is 0 Å². The maximum atomic E-state index is 6.74. The molecule has 17 heteroatoms. The third-order valence-corrected chi connectivity index (χ3v) is 15.4. The molecule has 0 radical (unpaired) electrons. The van der Waals surface area contributed by atoms with Crippen LogP contribution in [-0.2, 0) is 0 Å². The molecule has 0 fully saturated rings. The molecule has 1 aliphatic rings. The van der Waals surface area contributed by atoms with Crippen LogP contribution in [0.1, 0.15) is 0 Å². The predicted octanol–water partition coefficient (Wildman–Crippen LogP) is 10.2. The molecule has 0 aromatic heterocycles. The van der Waals surface area contributed by atoms with E-state index in [9.17, 15) is 0 Å². The maximum absolute atomic E-state index is 6.74. The molecular formula is C36H35N8O6P3. The van der Waals surface area contributed by atoms with Gasteiger partial charge >= 0.3 is 23.0 Å². The fourth-order valence-electron chi connectivity index (χ4n) is 4.83. The fraction of sp³-hybridized carbons (Fsp3) is 0. The summed E-state index contributed by atoms with van der Waals surface area (Å²) in [7, 11) is -12.7. The monoisotopic (exact) mass is 768 g/mol. The van der Waals surface area contributed by atoms with E-state index in [2.05, 4.69) is 0 Å². The lowest BCUT2D eigenvalue weighted by molar-refractivity contribution is 0.444. The van der Waals surface area contributed by atoms with Gasteiger partial charge in [-0.15, -0.1) is 0 Å². The molecular weight excluding hydrogens is 733 g/mol. The summed E-state index contributed by atoms with van der Waals surface area (Å²) in [5, 5.41) is 0. The van der Waals surface area contributed by atoms with Crippen molar-refractivity contribution in [2.24, 2.45) is 13.5 Å². The van der Waals surface area contributed by atoms with E-state index in [4.69, 9.17) is 69.4 Å². The van der Waals surface area contributed by atoms with E-state index >= 15 is 0 Å². The number of rotatable bonds is 12. The van der Waals surface area contributed by atoms with Crippen LogP contribution in [0.5, 0.6) is 34.5 Å². The summed E-state index contributed by atoms with van der Waals surface area (Å²) >= 11 is 0. The van der Waals surface area contributed by atoms with Crippen LogP contribution >= 0.6 is 23.0 Å². The van der Waals surface area contributed by atoms with Crippen molar-refractivity contribution in [1.82, 2.24) is 0 Å². The lowest BCUT2D eigenvalue weighted by atomic mass is 10.3. The zero-order chi connectivity index (χ0) is 36.9. The number of nitrogens with two attached hydrogens (primary N) is 5. The molecule has 0 saturated heterocycles. The lowest BCUT2D eigenvalue weighted by Gasteiger charge is -2.33. The molecule has 0 aliphatic carbocycles. The van der Waals surface area contributed by atoms with E-state index in [0.717, 1.165) is 0 Å². The van der Waals surface area contributed by atoms with Gasteiger partial charge in [0.05, 0.1) is 28.4 Å². The van der Waals surface area contributed by atoms with Crippen LogP contribution in [0.25, 0.3) is 0 Å². The van der Waals surface area contributed by atoms with Gasteiger partial charge in [-0.3, -0.25) is 0 Å². The van der Waals surface area contributed by atoms with Gasteiger partial charge in [-0.25, -0.2) is 0 Å². The Bertz CT molecular complexity index is 2250. The predicted molar refractivity (Wildman–Crippen MR) is 213 cm³/mol. The normalized spacial score (nSPS) is 16.8. The molecule has 1 unspecified atom stereocenters. The summed E-state index contributed by atoms with van der Waals surface area (Å²) in [6.07, 6.45) is 0. The number of anilines is 5. The van der Waals surface area contributed by atoms with E-state index in [1.807, 2.05) is 6.07 Å². The van der Waals surface area contributed by atoms with Crippen molar-refractivity contribution in [3.8, 4) is 34.5 Å². The SMILES string of the molecule is Nc1ccccc1OP1(Oc2ccccc2)=NP(Oc2ccccc2N)(Oc2ccccc2N)=NP(Oc2ccccc2N)(Oc2ccccc2N)=N1. The summed E-state index contributed by atoms with van der Waals surface area (Å²) in [5.41, 5.74) is 33.6. The van der Waals surface area contributed by atoms with Gasteiger partial charge in [-0.05, 0) is 72.8 Å². The number of para-hydroxylation sites is 11. The Morgan fingerprint density at radius 3 is 0.774 bits per heavy atom. The van der Waals surface area contributed by atoms with Crippen molar-refractivity contribution in [1.29, 1.82) is 0 Å². The van der Waals surface area contributed by atoms with E-state index < -0.39 is 23.0 Å². The average molecular weight is 769 g/mol. The number of nitrogen functional groups attached to an aromatic ring is 5. The maximum Gasteiger partial charge on any atom is 0.461 e. The first-order valence-corrected chi connectivity index (χ1v) is 20.6. The van der Waals surface area contributed by atoms with Gasteiger partial charge in [0.2, 0.25) is 0 Å². The molecule has 53 heavy (non-hydrogen) atoms. The quantitative estimate of drug-likeness (QED) is 0.0582. The second kappa shape index (κ2) is 14.8. The Labute approximate surface area is 306 Å². The van der Waals surface area contributed by atoms with Gasteiger partial charge in [-0.1, -0.05) is 92.4 Å². The highest BCUT2D eigenvalue weighted by atomic mass is 31.3. The van der Waals surface area contributed by atoms with Crippen LogP contribution < -0.4 is 55.8 Å². The Kier molecular flexibility index (Phi) is 9.84. The standard InChI is InChI=1S/C36H35N8O6P3/c37-27-16-4-9-21-32(27)46-51(45-26-14-2-1-3-15-26)42-52(47-33-22-10-5-17-28(33)38,48-34-23-11-6-18-29(34)39)44-53(43-51,49-35-24-12-7-19-30(35)40)50-36-25-13-8-20-31(36)41/h1-25H,37-41H2. The minimum atomic E-state index is -4.25. The van der Waals surface area contributed by atoms with Crippen LogP contribution in [0.4, 0.5) is 28.4 Å². The van der Waals surface area contributed by atoms with Crippen molar-refractivity contribution in [3.05, 3.63) is 152 Å². The van der Waals surface area contributed by atoms with Crippen molar-refractivity contribution in [2.75, 3.05) is 28.7 Å². The van der Waals surface area contributed by atoms with Crippen molar-refractivity contribution < 1.29 is 27.1 Å². The Morgan fingerprint density at radius 2 is 0.509 bits per heavy atom. The molecule has 14 nitrogen and oxygen atoms in total. The van der Waals surface area contributed by atoms with Gasteiger partial charge in [0.1, 0.15) is 5.75 Å². The molecule has 0 saturated carbocycles. The molecule has 1 heterocycles. The molecule has 1 aliphatic heterocycles. The summed E-state index contributed by atoms with van der Waals surface area (Å²) in [6.45, 7) is 0. The fourth-order valence-corrected chi connectivity index (χ4v) is 14.0. The number of hydrogen-bond acceptors (Lipinski definition) is 14. The molecule has 6 aromatic rings. The second-order valence-corrected chi connectivity index (χ2v) is 17.5. The number of benzene rings is 6. The van der Waals surface area contributed by atoms with Gasteiger partial charge in [-0.2, -0.15) is 0 Å². The summed E-state index contributed by atoms with van der Waals surface area (Å²) in [6, 6.07) is 42.8. The van der Waals surface area contributed by atoms with Gasteiger partial charge in [0.15, 0.2) is 28.7 Å². The van der Waals surface area contributed by atoms with E-state index in [1.54, 1.807) is 146 Å². The first kappa shape index (κ1) is 35.2. The summed E-state index contributed by atoms with van der Waals surface area (Å²) in [4.78, 5) is 0. The van der Waals surface area contributed by atoms with Crippen molar-refractivity contribution in [2.45, 2.75) is 0 Å². The lowest BCUT2D eigenvalue weighted by Crippen LogP contribution is -2.12. The number of hydrogen-bond donors (Lipinski definition) is 5. The zero-order valence-electron chi connectivity index (χ0n) is 28.0. The zero-order valence-corrected chi connectivity index (χ0v) is 30.6. The third-order valence-electron chi connectivity index (χ3n) is 7.33. The molecule has 0 amide bonds. The smallest absolute Gasteiger partial charge is 0.413 e. The van der Waals surface area contributed by atoms with Crippen LogP contribution in [-0.4, -0.2) is 0 Å². The largest absolute Gasteiger partial charge is 0.461 e. The molecule has 0 bridgehead atoms. The third kappa shape index (κ3) is 8.00. The molecule has 0 spiro atoms. The molecule has 6 aromatic carbocycles. The van der Waals surface area contributed by atoms with Crippen molar-refractivity contribution in [3.63, 3.8) is 0 Å². The van der Waals surface area contributed by atoms with Crippen molar-refractivity contribution >= 4 is 51.4 Å². The first-order valence-electron chi connectivity index (χ1n) is 16.0. The summed E-state index contributed by atoms with van der Waals surface area (Å²) < 4.78 is 55.8. The Hall–Kier alpha value is -6.19. The van der Waals surface area contributed by atoms with Crippen LogP contribution in [0.2, 0.25) is 0 Å². The molecule has 7 rings (SSSR count). The van der Waals surface area contributed by atoms with Gasteiger partial charge in [0, 0.05) is 0 Å². The van der Waals surface area contributed by atoms with Crippen LogP contribution in [0.15, 0.2) is 165 Å². The molecule has 270 valence electrons. The molecule has 10 N–H and O–H groups in total. The minimum Gasteiger partial charge on any atom is -0.413 e. The van der Waals surface area contributed by atoms with E-state index in [-0.39, 0.29) is 57.2 Å². The highest BCUT2D eigenvalue weighted by Gasteiger charge is 2.49. The topological polar surface area (TPSA) is 223 Å². The highest BCUT2D eigenvalue weighted by Crippen LogP contribution is 2.79. The molecule has 1 atom stereocenters. The Balaban J connectivity index is 1.62. The van der Waals surface area contributed by atoms with E-state index in [0.29, 0.717) is 5.75 Å². The highest BCUT2D eigenvalue weighted by molar-refractivity contribution is 7.79. The van der Waals surface area contributed by atoms with Crippen LogP contribution in [0, 0.1) is 0 Å². The van der Waals surface area contributed by atoms with Gasteiger partial charge in [0.25, 0.3) is 0 Å². The second-order valence-electron chi connectivity index (χ2n) is 11.3. The van der Waals surface area contributed by atoms with E-state index in [1.165, 1.54) is 0 Å². The first-order chi connectivity index (χ1) is 25.6.